The van der Waals surface area contributed by atoms with Crippen molar-refractivity contribution in [1.82, 2.24) is 0 Å². The molecule has 0 amide bonds. The molecule has 6 atom stereocenters. The first-order chi connectivity index (χ1) is 19.6. The molecule has 0 bridgehead atoms. The summed E-state index contributed by atoms with van der Waals surface area (Å²) in [6.45, 7) is 14.8. The zero-order chi connectivity index (χ0) is 32.8. The van der Waals surface area contributed by atoms with Gasteiger partial charge in [0, 0.05) is 23.2 Å². The standard InChI is InChI=1S/C34H42O9/c1-15(2)24-26(38)22(17(4)35)28(40)34(43)29(41)25-27(39)23-20(37)13-11-18(10-12-19(36)14-31(5,6)7)21(23)16(3)32(25,8)30(42)33(24,34)9/h10-13,15-16,24,30,37-38,41-43H,14H2,1-9H3/b12-10+/t16-,24?,30-,32+,33+,34+/m1/s1. The van der Waals surface area contributed by atoms with Crippen molar-refractivity contribution in [1.29, 1.82) is 0 Å². The number of ketones is 4. The Labute approximate surface area is 251 Å². The fraction of sp³-hybridized carbons (Fsp3) is 0.529. The van der Waals surface area contributed by atoms with Gasteiger partial charge in [-0.05, 0) is 47.4 Å². The van der Waals surface area contributed by atoms with E-state index in [2.05, 4.69) is 0 Å². The van der Waals surface area contributed by atoms with E-state index in [9.17, 15) is 44.7 Å². The van der Waals surface area contributed by atoms with E-state index in [1.54, 1.807) is 32.9 Å². The van der Waals surface area contributed by atoms with Gasteiger partial charge in [0.15, 0.2) is 23.0 Å². The molecule has 0 saturated carbocycles. The summed E-state index contributed by atoms with van der Waals surface area (Å²) in [7, 11) is 0. The fourth-order valence-corrected chi connectivity index (χ4v) is 7.95. The largest absolute Gasteiger partial charge is 0.511 e. The number of aliphatic hydroxyl groups excluding tert-OH is 3. The maximum absolute atomic E-state index is 14.2. The van der Waals surface area contributed by atoms with Gasteiger partial charge in [-0.1, -0.05) is 67.5 Å². The minimum atomic E-state index is -2.94. The molecule has 232 valence electrons. The van der Waals surface area contributed by atoms with Gasteiger partial charge in [0.1, 0.15) is 22.8 Å². The molecule has 0 spiro atoms. The van der Waals surface area contributed by atoms with Gasteiger partial charge in [-0.15, -0.1) is 0 Å². The van der Waals surface area contributed by atoms with Crippen LogP contribution in [0, 0.1) is 28.1 Å². The van der Waals surface area contributed by atoms with Crippen LogP contribution in [0.15, 0.2) is 40.9 Å². The van der Waals surface area contributed by atoms with Crippen LogP contribution in [0.3, 0.4) is 0 Å². The van der Waals surface area contributed by atoms with E-state index >= 15 is 0 Å². The third-order valence-corrected chi connectivity index (χ3v) is 10.0. The summed E-state index contributed by atoms with van der Waals surface area (Å²) in [6, 6.07) is 2.84. The van der Waals surface area contributed by atoms with E-state index in [1.165, 1.54) is 26.0 Å². The van der Waals surface area contributed by atoms with E-state index in [0.29, 0.717) is 11.1 Å². The number of allylic oxidation sites excluding steroid dienone is 2. The van der Waals surface area contributed by atoms with E-state index in [-0.39, 0.29) is 23.2 Å². The molecule has 4 rings (SSSR count). The van der Waals surface area contributed by atoms with Crippen LogP contribution >= 0.6 is 0 Å². The molecular formula is C34H42O9. The number of benzene rings is 1. The van der Waals surface area contributed by atoms with Crippen LogP contribution < -0.4 is 0 Å². The maximum Gasteiger partial charge on any atom is 0.209 e. The Balaban J connectivity index is 2.06. The Morgan fingerprint density at radius 1 is 1.07 bits per heavy atom. The molecule has 0 radical (unpaired) electrons. The average Bonchev–Trinajstić information content (AvgIpc) is 2.87. The Bertz CT molecular complexity index is 1550. The molecule has 5 N–H and O–H groups in total. The zero-order valence-electron chi connectivity index (χ0n) is 26.2. The molecule has 1 aromatic carbocycles. The molecule has 0 saturated heterocycles. The summed E-state index contributed by atoms with van der Waals surface area (Å²) in [6.07, 6.45) is 1.50. The van der Waals surface area contributed by atoms with Gasteiger partial charge >= 0.3 is 0 Å². The summed E-state index contributed by atoms with van der Waals surface area (Å²) in [5.41, 5.74) is -7.43. The number of phenolic OH excluding ortho intramolecular Hbond substituents is 1. The number of fused-ring (bicyclic) bond motifs is 3. The summed E-state index contributed by atoms with van der Waals surface area (Å²) in [5.74, 6) is -7.76. The number of rotatable bonds is 5. The zero-order valence-corrected chi connectivity index (χ0v) is 26.2. The van der Waals surface area contributed by atoms with Crippen molar-refractivity contribution in [3.8, 4) is 5.75 Å². The number of phenols is 1. The summed E-state index contributed by atoms with van der Waals surface area (Å²) < 4.78 is 0. The molecular weight excluding hydrogens is 552 g/mol. The highest BCUT2D eigenvalue weighted by Gasteiger charge is 2.76. The minimum absolute atomic E-state index is 0.145. The molecule has 1 aromatic rings. The Hall–Kier alpha value is -3.56. The van der Waals surface area contributed by atoms with E-state index < -0.39 is 86.1 Å². The lowest BCUT2D eigenvalue weighted by molar-refractivity contribution is -0.211. The van der Waals surface area contributed by atoms with Crippen molar-refractivity contribution in [2.75, 3.05) is 0 Å². The third-order valence-electron chi connectivity index (χ3n) is 10.0. The monoisotopic (exact) mass is 594 g/mol. The summed E-state index contributed by atoms with van der Waals surface area (Å²) in [5, 5.41) is 58.6. The highest BCUT2D eigenvalue weighted by atomic mass is 16.4. The summed E-state index contributed by atoms with van der Waals surface area (Å²) in [4.78, 5) is 53.3. The fourth-order valence-electron chi connectivity index (χ4n) is 7.95. The molecule has 9 heteroatoms. The van der Waals surface area contributed by atoms with Crippen molar-refractivity contribution in [3.05, 3.63) is 57.6 Å². The van der Waals surface area contributed by atoms with Crippen molar-refractivity contribution < 1.29 is 44.7 Å². The Morgan fingerprint density at radius 2 is 1.65 bits per heavy atom. The van der Waals surface area contributed by atoms with Gasteiger partial charge in [0.05, 0.1) is 17.2 Å². The average molecular weight is 595 g/mol. The van der Waals surface area contributed by atoms with Crippen LogP contribution in [0.4, 0.5) is 0 Å². The Kier molecular flexibility index (Phi) is 7.52. The second-order valence-corrected chi connectivity index (χ2v) is 14.3. The summed E-state index contributed by atoms with van der Waals surface area (Å²) >= 11 is 0. The van der Waals surface area contributed by atoms with Crippen molar-refractivity contribution in [2.24, 2.45) is 28.1 Å². The number of hydrogen-bond donors (Lipinski definition) is 5. The Morgan fingerprint density at radius 3 is 2.16 bits per heavy atom. The quantitative estimate of drug-likeness (QED) is 0.235. The molecule has 43 heavy (non-hydrogen) atoms. The first-order valence-corrected chi connectivity index (χ1v) is 14.5. The molecule has 9 nitrogen and oxygen atoms in total. The van der Waals surface area contributed by atoms with Crippen LogP contribution in [-0.4, -0.2) is 60.4 Å². The molecule has 0 heterocycles. The number of aliphatic hydroxyl groups is 4. The van der Waals surface area contributed by atoms with E-state index in [0.717, 1.165) is 6.92 Å². The maximum atomic E-state index is 14.2. The number of carbonyl (C=O) groups excluding carboxylic acids is 4. The molecule has 0 fully saturated rings. The van der Waals surface area contributed by atoms with Gasteiger partial charge in [0.2, 0.25) is 5.78 Å². The first-order valence-electron chi connectivity index (χ1n) is 14.5. The number of Topliss-reactive ketones (excluding diaryl/α,β-unsaturated/α-hetero) is 3. The van der Waals surface area contributed by atoms with Gasteiger partial charge in [-0.2, -0.15) is 0 Å². The number of hydrogen-bond acceptors (Lipinski definition) is 9. The predicted molar refractivity (Wildman–Crippen MR) is 159 cm³/mol. The van der Waals surface area contributed by atoms with E-state index in [1.807, 2.05) is 20.8 Å². The lowest BCUT2D eigenvalue weighted by Gasteiger charge is -2.63. The first kappa shape index (κ1) is 32.4. The third kappa shape index (κ3) is 4.18. The van der Waals surface area contributed by atoms with Crippen LogP contribution in [0.1, 0.15) is 96.1 Å². The predicted octanol–water partition coefficient (Wildman–Crippen LogP) is 4.90. The molecule has 0 aromatic heterocycles. The second kappa shape index (κ2) is 9.99. The van der Waals surface area contributed by atoms with Crippen molar-refractivity contribution in [2.45, 2.75) is 86.4 Å². The van der Waals surface area contributed by atoms with Gasteiger partial charge in [-0.25, -0.2) is 0 Å². The minimum Gasteiger partial charge on any atom is -0.511 e. The van der Waals surface area contributed by atoms with Crippen LogP contribution in [0.5, 0.6) is 5.75 Å². The lowest BCUT2D eigenvalue weighted by atomic mass is 9.41. The van der Waals surface area contributed by atoms with Crippen LogP contribution in [0.2, 0.25) is 0 Å². The lowest BCUT2D eigenvalue weighted by Crippen LogP contribution is -2.73. The van der Waals surface area contributed by atoms with E-state index in [4.69, 9.17) is 0 Å². The topological polar surface area (TPSA) is 169 Å². The van der Waals surface area contributed by atoms with Crippen LogP contribution in [-0.2, 0) is 14.4 Å². The molecule has 1 unspecified atom stereocenters. The number of carbonyl (C=O) groups is 4. The SMILES string of the molecule is CC(=O)C1=C(O)C(C(C)C)[C@@]2(C)[C@H](O)[C@]3(C)C(=C(O)[C@@]2(O)C1=O)C(=O)c1c(O)ccc(/C=C/C(=O)CC(C)(C)C)c1[C@H]3C. The highest BCUT2D eigenvalue weighted by Crippen LogP contribution is 2.67. The van der Waals surface area contributed by atoms with Gasteiger partial charge in [-0.3, -0.25) is 19.2 Å². The highest BCUT2D eigenvalue weighted by molar-refractivity contribution is 6.25. The molecule has 3 aliphatic rings. The smallest absolute Gasteiger partial charge is 0.209 e. The van der Waals surface area contributed by atoms with Crippen molar-refractivity contribution >= 4 is 29.2 Å². The molecule has 3 aliphatic carbocycles. The van der Waals surface area contributed by atoms with Crippen LogP contribution in [0.25, 0.3) is 6.08 Å². The number of aromatic hydroxyl groups is 1. The van der Waals surface area contributed by atoms with Gasteiger partial charge < -0.3 is 25.5 Å². The van der Waals surface area contributed by atoms with Crippen molar-refractivity contribution in [3.63, 3.8) is 0 Å². The van der Waals surface area contributed by atoms with Gasteiger partial charge in [0.25, 0.3) is 0 Å². The normalized spacial score (nSPS) is 32.7. The molecule has 0 aliphatic heterocycles. The second-order valence-electron chi connectivity index (χ2n) is 14.3.